The molecule has 0 amide bonds. The van der Waals surface area contributed by atoms with Crippen molar-refractivity contribution in [1.29, 1.82) is 0 Å². The second-order valence-electron chi connectivity index (χ2n) is 3.77. The molecule has 15 heavy (non-hydrogen) atoms. The minimum atomic E-state index is -0.550. The standard InChI is InChI=1S/C12H11BrO2/c1-12(8-15-12)11(14)7-4-9-2-5-10(13)6-3-9/h2-7H,8H2,1H3. The van der Waals surface area contributed by atoms with Gasteiger partial charge in [-0.25, -0.2) is 0 Å². The highest BCUT2D eigenvalue weighted by atomic mass is 79.9. The summed E-state index contributed by atoms with van der Waals surface area (Å²) in [5, 5.41) is 0. The van der Waals surface area contributed by atoms with Crippen molar-refractivity contribution < 1.29 is 9.53 Å². The van der Waals surface area contributed by atoms with E-state index in [0.717, 1.165) is 10.0 Å². The molecule has 1 aliphatic heterocycles. The zero-order valence-corrected chi connectivity index (χ0v) is 9.95. The summed E-state index contributed by atoms with van der Waals surface area (Å²) in [4.78, 5) is 11.5. The summed E-state index contributed by atoms with van der Waals surface area (Å²) < 4.78 is 6.09. The molecule has 1 aromatic carbocycles. The second kappa shape index (κ2) is 3.91. The summed E-state index contributed by atoms with van der Waals surface area (Å²) >= 11 is 3.36. The monoisotopic (exact) mass is 266 g/mol. The van der Waals surface area contributed by atoms with Crippen molar-refractivity contribution in [2.24, 2.45) is 0 Å². The van der Waals surface area contributed by atoms with E-state index in [2.05, 4.69) is 15.9 Å². The normalized spacial score (nSPS) is 24.4. The topological polar surface area (TPSA) is 29.6 Å². The molecule has 0 bridgehead atoms. The number of benzene rings is 1. The highest BCUT2D eigenvalue weighted by molar-refractivity contribution is 9.10. The largest absolute Gasteiger partial charge is 0.361 e. The van der Waals surface area contributed by atoms with Crippen molar-refractivity contribution in [3.8, 4) is 0 Å². The molecule has 1 heterocycles. The Hall–Kier alpha value is -0.930. The molecule has 0 radical (unpaired) electrons. The molecule has 1 unspecified atom stereocenters. The van der Waals surface area contributed by atoms with Crippen molar-refractivity contribution in [2.75, 3.05) is 6.61 Å². The van der Waals surface area contributed by atoms with Crippen LogP contribution in [0.2, 0.25) is 0 Å². The van der Waals surface area contributed by atoms with Gasteiger partial charge in [-0.15, -0.1) is 0 Å². The lowest BCUT2D eigenvalue weighted by Gasteiger charge is -1.97. The molecule has 2 rings (SSSR count). The number of epoxide rings is 1. The van der Waals surface area contributed by atoms with Crippen LogP contribution in [0.5, 0.6) is 0 Å². The third kappa shape index (κ3) is 2.55. The Bertz CT molecular complexity index is 402. The van der Waals surface area contributed by atoms with Crippen LogP contribution in [0.1, 0.15) is 12.5 Å². The number of ketones is 1. The molecule has 0 spiro atoms. The molecule has 2 nitrogen and oxygen atoms in total. The van der Waals surface area contributed by atoms with E-state index >= 15 is 0 Å². The molecule has 3 heteroatoms. The lowest BCUT2D eigenvalue weighted by atomic mass is 10.1. The van der Waals surface area contributed by atoms with Crippen molar-refractivity contribution in [1.82, 2.24) is 0 Å². The third-order valence-electron chi connectivity index (χ3n) is 2.40. The molecule has 0 aliphatic carbocycles. The molecule has 1 aromatic rings. The maximum atomic E-state index is 11.5. The summed E-state index contributed by atoms with van der Waals surface area (Å²) in [5.74, 6) is 0.0328. The van der Waals surface area contributed by atoms with E-state index in [1.165, 1.54) is 0 Å². The van der Waals surface area contributed by atoms with Gasteiger partial charge in [0.05, 0.1) is 6.61 Å². The third-order valence-corrected chi connectivity index (χ3v) is 2.92. The van der Waals surface area contributed by atoms with Crippen LogP contribution in [0.4, 0.5) is 0 Å². The molecule has 1 atom stereocenters. The van der Waals surface area contributed by atoms with Gasteiger partial charge in [-0.1, -0.05) is 34.1 Å². The molecule has 78 valence electrons. The van der Waals surface area contributed by atoms with Gasteiger partial charge < -0.3 is 4.74 Å². The van der Waals surface area contributed by atoms with Gasteiger partial charge >= 0.3 is 0 Å². The van der Waals surface area contributed by atoms with Crippen LogP contribution in [0, 0.1) is 0 Å². The van der Waals surface area contributed by atoms with Crippen LogP contribution >= 0.6 is 15.9 Å². The van der Waals surface area contributed by atoms with Gasteiger partial charge in [-0.2, -0.15) is 0 Å². The highest BCUT2D eigenvalue weighted by Gasteiger charge is 2.45. The Labute approximate surface area is 97.1 Å². The van der Waals surface area contributed by atoms with E-state index in [1.54, 1.807) is 13.0 Å². The van der Waals surface area contributed by atoms with Crippen LogP contribution < -0.4 is 0 Å². The van der Waals surface area contributed by atoms with Crippen LogP contribution in [0.15, 0.2) is 34.8 Å². The van der Waals surface area contributed by atoms with E-state index in [4.69, 9.17) is 4.74 Å². The molecule has 0 aromatic heterocycles. The van der Waals surface area contributed by atoms with E-state index < -0.39 is 5.60 Å². The van der Waals surface area contributed by atoms with Gasteiger partial charge in [-0.05, 0) is 30.7 Å². The van der Waals surface area contributed by atoms with Crippen LogP contribution in [0.25, 0.3) is 6.08 Å². The van der Waals surface area contributed by atoms with Gasteiger partial charge in [0.25, 0.3) is 0 Å². The molecular weight excluding hydrogens is 256 g/mol. The van der Waals surface area contributed by atoms with E-state index in [9.17, 15) is 4.79 Å². The summed E-state index contributed by atoms with van der Waals surface area (Å²) in [6.45, 7) is 2.35. The number of carbonyl (C=O) groups is 1. The fourth-order valence-electron chi connectivity index (χ4n) is 1.17. The molecule has 1 fully saturated rings. The average Bonchev–Trinajstić information content (AvgIpc) is 2.97. The van der Waals surface area contributed by atoms with E-state index in [0.29, 0.717) is 6.61 Å². The summed E-state index contributed by atoms with van der Waals surface area (Å²) in [7, 11) is 0. The van der Waals surface area contributed by atoms with Crippen molar-refractivity contribution in [3.63, 3.8) is 0 Å². The number of hydrogen-bond acceptors (Lipinski definition) is 2. The molecule has 1 saturated heterocycles. The zero-order chi connectivity index (χ0) is 10.9. The number of hydrogen-bond donors (Lipinski definition) is 0. The SMILES string of the molecule is CC1(C(=O)C=Cc2ccc(Br)cc2)CO1. The minimum absolute atomic E-state index is 0.0328. The number of halogens is 1. The quantitative estimate of drug-likeness (QED) is 0.622. The van der Waals surface area contributed by atoms with Gasteiger partial charge in [0.2, 0.25) is 0 Å². The van der Waals surface area contributed by atoms with Crippen LogP contribution in [0.3, 0.4) is 0 Å². The zero-order valence-electron chi connectivity index (χ0n) is 8.37. The lowest BCUT2D eigenvalue weighted by Crippen LogP contribution is -2.17. The van der Waals surface area contributed by atoms with E-state index in [1.807, 2.05) is 30.3 Å². The van der Waals surface area contributed by atoms with Gasteiger partial charge in [0, 0.05) is 4.47 Å². The lowest BCUT2D eigenvalue weighted by molar-refractivity contribution is -0.118. The molecule has 0 N–H and O–H groups in total. The average molecular weight is 267 g/mol. The van der Waals surface area contributed by atoms with Gasteiger partial charge in [0.15, 0.2) is 11.4 Å². The van der Waals surface area contributed by atoms with Crippen molar-refractivity contribution in [2.45, 2.75) is 12.5 Å². The van der Waals surface area contributed by atoms with E-state index in [-0.39, 0.29) is 5.78 Å². The Morgan fingerprint density at radius 2 is 2.07 bits per heavy atom. The predicted molar refractivity (Wildman–Crippen MR) is 62.5 cm³/mol. The minimum Gasteiger partial charge on any atom is -0.361 e. The van der Waals surface area contributed by atoms with Crippen LogP contribution in [-0.2, 0) is 9.53 Å². The van der Waals surface area contributed by atoms with Crippen molar-refractivity contribution >= 4 is 27.8 Å². The summed E-state index contributed by atoms with van der Waals surface area (Å²) in [5.41, 5.74) is 0.460. The second-order valence-corrected chi connectivity index (χ2v) is 4.68. The first-order chi connectivity index (χ1) is 7.10. The molecular formula is C12H11BrO2. The highest BCUT2D eigenvalue weighted by Crippen LogP contribution is 2.27. The smallest absolute Gasteiger partial charge is 0.189 e. The first-order valence-electron chi connectivity index (χ1n) is 4.72. The number of rotatable bonds is 3. The fourth-order valence-corrected chi connectivity index (χ4v) is 1.44. The predicted octanol–water partition coefficient (Wildman–Crippen LogP) is 2.82. The Kier molecular flexibility index (Phi) is 2.76. The molecule has 0 saturated carbocycles. The maximum absolute atomic E-state index is 11.5. The fraction of sp³-hybridized carbons (Fsp3) is 0.250. The van der Waals surface area contributed by atoms with Gasteiger partial charge in [0.1, 0.15) is 0 Å². The first-order valence-corrected chi connectivity index (χ1v) is 5.51. The number of ether oxygens (including phenoxy) is 1. The Balaban J connectivity index is 2.05. The Morgan fingerprint density at radius 3 is 2.60 bits per heavy atom. The van der Waals surface area contributed by atoms with Crippen molar-refractivity contribution in [3.05, 3.63) is 40.4 Å². The summed E-state index contributed by atoms with van der Waals surface area (Å²) in [6.07, 6.45) is 3.39. The van der Waals surface area contributed by atoms with Gasteiger partial charge in [-0.3, -0.25) is 4.79 Å². The molecule has 1 aliphatic rings. The Morgan fingerprint density at radius 1 is 1.47 bits per heavy atom. The maximum Gasteiger partial charge on any atom is 0.189 e. The van der Waals surface area contributed by atoms with Crippen LogP contribution in [-0.4, -0.2) is 18.0 Å². The number of carbonyl (C=O) groups excluding carboxylic acids is 1. The first kappa shape index (κ1) is 10.6. The summed E-state index contributed by atoms with van der Waals surface area (Å²) in [6, 6.07) is 7.78.